The zero-order valence-electron chi connectivity index (χ0n) is 5.93. The quantitative estimate of drug-likeness (QED) is 0.725. The van der Waals surface area contributed by atoms with Gasteiger partial charge in [0.15, 0.2) is 5.82 Å². The van der Waals surface area contributed by atoms with Gasteiger partial charge in [0.1, 0.15) is 0 Å². The van der Waals surface area contributed by atoms with Crippen LogP contribution in [-0.2, 0) is 12.6 Å². The second kappa shape index (κ2) is 3.10. The van der Waals surface area contributed by atoms with Crippen LogP contribution in [0.2, 0.25) is 0 Å². The molecular formula is C5H6F3N3O. The van der Waals surface area contributed by atoms with Gasteiger partial charge >= 0.3 is 12.1 Å². The normalized spacial score (nSPS) is 12.0. The number of alkyl halides is 3. The van der Waals surface area contributed by atoms with Crippen LogP contribution < -0.4 is 5.73 Å². The van der Waals surface area contributed by atoms with E-state index in [4.69, 9.17) is 5.73 Å². The van der Waals surface area contributed by atoms with E-state index < -0.39 is 12.1 Å². The highest BCUT2D eigenvalue weighted by Crippen LogP contribution is 2.27. The van der Waals surface area contributed by atoms with Gasteiger partial charge in [-0.2, -0.15) is 18.2 Å². The van der Waals surface area contributed by atoms with Crippen molar-refractivity contribution in [3.05, 3.63) is 11.7 Å². The first-order valence-electron chi connectivity index (χ1n) is 3.14. The Balaban J connectivity index is 2.77. The molecule has 0 unspecified atom stereocenters. The summed E-state index contributed by atoms with van der Waals surface area (Å²) >= 11 is 0. The van der Waals surface area contributed by atoms with E-state index in [9.17, 15) is 13.2 Å². The zero-order valence-corrected chi connectivity index (χ0v) is 5.93. The molecule has 0 saturated heterocycles. The molecule has 1 rings (SSSR count). The minimum Gasteiger partial charge on any atom is -0.330 e. The lowest BCUT2D eigenvalue weighted by Crippen LogP contribution is -2.07. The maximum Gasteiger partial charge on any atom is 0.471 e. The van der Waals surface area contributed by atoms with Crippen LogP contribution in [0.4, 0.5) is 13.2 Å². The topological polar surface area (TPSA) is 64.9 Å². The largest absolute Gasteiger partial charge is 0.471 e. The van der Waals surface area contributed by atoms with Crippen LogP contribution in [-0.4, -0.2) is 16.7 Å². The van der Waals surface area contributed by atoms with Gasteiger partial charge in [-0.25, -0.2) is 0 Å². The van der Waals surface area contributed by atoms with Crippen LogP contribution in [0, 0.1) is 0 Å². The lowest BCUT2D eigenvalue weighted by atomic mass is 10.4. The number of rotatable bonds is 2. The van der Waals surface area contributed by atoms with E-state index in [1.54, 1.807) is 0 Å². The number of nitrogens with two attached hydrogens (primary N) is 1. The summed E-state index contributed by atoms with van der Waals surface area (Å²) < 4.78 is 39.4. The second-order valence-corrected chi connectivity index (χ2v) is 2.05. The highest BCUT2D eigenvalue weighted by molar-refractivity contribution is 4.90. The van der Waals surface area contributed by atoms with Crippen LogP contribution in [0.3, 0.4) is 0 Å². The minimum absolute atomic E-state index is 0.0233. The van der Waals surface area contributed by atoms with Gasteiger partial charge in [-0.3, -0.25) is 0 Å². The van der Waals surface area contributed by atoms with Gasteiger partial charge in [-0.1, -0.05) is 5.16 Å². The Bertz CT molecular complexity index is 257. The summed E-state index contributed by atoms with van der Waals surface area (Å²) in [6.45, 7) is 0.191. The van der Waals surface area contributed by atoms with Gasteiger partial charge < -0.3 is 10.3 Å². The van der Waals surface area contributed by atoms with Gasteiger partial charge in [-0.15, -0.1) is 0 Å². The molecule has 0 atom stereocenters. The molecule has 0 spiro atoms. The fourth-order valence-electron chi connectivity index (χ4n) is 0.600. The summed E-state index contributed by atoms with van der Waals surface area (Å²) in [6.07, 6.45) is -4.39. The summed E-state index contributed by atoms with van der Waals surface area (Å²) in [5.41, 5.74) is 5.08. The average molecular weight is 181 g/mol. The van der Waals surface area contributed by atoms with Crippen molar-refractivity contribution in [2.24, 2.45) is 5.73 Å². The number of halogens is 3. The van der Waals surface area contributed by atoms with Crippen LogP contribution in [0.15, 0.2) is 4.52 Å². The monoisotopic (exact) mass is 181 g/mol. The van der Waals surface area contributed by atoms with Crippen LogP contribution in [0.5, 0.6) is 0 Å². The lowest BCUT2D eigenvalue weighted by Gasteiger charge is -1.95. The molecule has 2 N–H and O–H groups in total. The Morgan fingerprint density at radius 1 is 1.42 bits per heavy atom. The maximum atomic E-state index is 11.8. The molecule has 0 aliphatic rings. The number of hydrogen-bond acceptors (Lipinski definition) is 4. The number of hydrogen-bond donors (Lipinski definition) is 1. The van der Waals surface area contributed by atoms with E-state index in [0.29, 0.717) is 0 Å². The molecule has 0 saturated carbocycles. The predicted molar refractivity (Wildman–Crippen MR) is 32.1 cm³/mol. The smallest absolute Gasteiger partial charge is 0.330 e. The van der Waals surface area contributed by atoms with E-state index >= 15 is 0 Å². The molecule has 0 fully saturated rings. The summed E-state index contributed by atoms with van der Waals surface area (Å²) in [7, 11) is 0. The van der Waals surface area contributed by atoms with Crippen molar-refractivity contribution in [3.63, 3.8) is 0 Å². The van der Waals surface area contributed by atoms with Crippen molar-refractivity contribution in [1.29, 1.82) is 0 Å². The predicted octanol–water partition coefficient (Wildman–Crippen LogP) is 0.590. The van der Waals surface area contributed by atoms with Crippen molar-refractivity contribution in [2.75, 3.05) is 6.54 Å². The highest BCUT2D eigenvalue weighted by Gasteiger charge is 2.38. The Morgan fingerprint density at radius 3 is 2.50 bits per heavy atom. The molecule has 4 nitrogen and oxygen atoms in total. The molecule has 12 heavy (non-hydrogen) atoms. The zero-order chi connectivity index (χ0) is 9.19. The van der Waals surface area contributed by atoms with Gasteiger partial charge in [0, 0.05) is 6.42 Å². The number of aromatic nitrogens is 2. The molecule has 0 radical (unpaired) electrons. The standard InChI is InChI=1S/C5H6F3N3O/c6-5(7,8)4-10-3(1-2-9)11-12-4/h1-2,9H2. The first kappa shape index (κ1) is 8.98. The van der Waals surface area contributed by atoms with Gasteiger partial charge in [-0.05, 0) is 6.54 Å². The van der Waals surface area contributed by atoms with Crippen molar-refractivity contribution in [3.8, 4) is 0 Å². The van der Waals surface area contributed by atoms with Crippen molar-refractivity contribution >= 4 is 0 Å². The van der Waals surface area contributed by atoms with E-state index in [1.807, 2.05) is 0 Å². The first-order chi connectivity index (χ1) is 5.54. The minimum atomic E-state index is -4.57. The van der Waals surface area contributed by atoms with E-state index in [-0.39, 0.29) is 18.8 Å². The Kier molecular flexibility index (Phi) is 2.32. The first-order valence-corrected chi connectivity index (χ1v) is 3.14. The number of nitrogens with zero attached hydrogens (tertiary/aromatic N) is 2. The van der Waals surface area contributed by atoms with Crippen molar-refractivity contribution < 1.29 is 17.7 Å². The van der Waals surface area contributed by atoms with E-state index in [0.717, 1.165) is 0 Å². The Hall–Kier alpha value is -1.11. The molecular weight excluding hydrogens is 175 g/mol. The molecule has 1 aromatic heterocycles. The third-order valence-electron chi connectivity index (χ3n) is 1.08. The molecule has 0 bridgehead atoms. The fraction of sp³-hybridized carbons (Fsp3) is 0.600. The molecule has 1 aromatic rings. The molecule has 0 aliphatic carbocycles. The molecule has 68 valence electrons. The van der Waals surface area contributed by atoms with Crippen molar-refractivity contribution in [1.82, 2.24) is 10.1 Å². The van der Waals surface area contributed by atoms with E-state index in [2.05, 4.69) is 14.7 Å². The van der Waals surface area contributed by atoms with Gasteiger partial charge in [0.2, 0.25) is 0 Å². The van der Waals surface area contributed by atoms with Gasteiger partial charge in [0.05, 0.1) is 0 Å². The Labute approximate surface area is 65.5 Å². The molecule has 0 aromatic carbocycles. The maximum absolute atomic E-state index is 11.8. The van der Waals surface area contributed by atoms with Crippen LogP contribution >= 0.6 is 0 Å². The highest BCUT2D eigenvalue weighted by atomic mass is 19.4. The molecule has 0 aliphatic heterocycles. The third-order valence-corrected chi connectivity index (χ3v) is 1.08. The fourth-order valence-corrected chi connectivity index (χ4v) is 0.600. The van der Waals surface area contributed by atoms with Gasteiger partial charge in [0.25, 0.3) is 0 Å². The van der Waals surface area contributed by atoms with Crippen LogP contribution in [0.1, 0.15) is 11.7 Å². The summed E-state index contributed by atoms with van der Waals surface area (Å²) in [4.78, 5) is 3.09. The average Bonchev–Trinajstić information content (AvgIpc) is 2.35. The van der Waals surface area contributed by atoms with Crippen molar-refractivity contribution in [2.45, 2.75) is 12.6 Å². The lowest BCUT2D eigenvalue weighted by molar-refractivity contribution is -0.159. The molecule has 1 heterocycles. The third kappa shape index (κ3) is 1.94. The SMILES string of the molecule is NCCc1noc(C(F)(F)F)n1. The second-order valence-electron chi connectivity index (χ2n) is 2.05. The summed E-state index contributed by atoms with van der Waals surface area (Å²) in [5, 5.41) is 3.09. The summed E-state index contributed by atoms with van der Waals surface area (Å²) in [5.74, 6) is -1.35. The Morgan fingerprint density at radius 2 is 2.08 bits per heavy atom. The van der Waals surface area contributed by atoms with Crippen LogP contribution in [0.25, 0.3) is 0 Å². The molecule has 7 heteroatoms. The molecule has 0 amide bonds. The summed E-state index contributed by atoms with van der Waals surface area (Å²) in [6, 6.07) is 0. The van der Waals surface area contributed by atoms with E-state index in [1.165, 1.54) is 0 Å².